The maximum absolute atomic E-state index is 12.1. The molecule has 0 saturated carbocycles. The Balaban J connectivity index is 2.34. The van der Waals surface area contributed by atoms with Gasteiger partial charge in [-0.1, -0.05) is 24.6 Å². The van der Waals surface area contributed by atoms with Gasteiger partial charge in [0.1, 0.15) is 0 Å². The molecule has 0 amide bonds. The lowest BCUT2D eigenvalue weighted by molar-refractivity contribution is -0.143. The smallest absolute Gasteiger partial charge is 0.307 e. The highest BCUT2D eigenvalue weighted by molar-refractivity contribution is 6.31. The van der Waals surface area contributed by atoms with Crippen molar-refractivity contribution in [3.05, 3.63) is 34.3 Å². The minimum absolute atomic E-state index is 0.0863. The zero-order valence-corrected chi connectivity index (χ0v) is 10.2. The van der Waals surface area contributed by atoms with Crippen LogP contribution in [0.1, 0.15) is 29.3 Å². The Morgan fingerprint density at radius 3 is 2.88 bits per heavy atom. The lowest BCUT2D eigenvalue weighted by Crippen LogP contribution is -2.27. The highest BCUT2D eigenvalue weighted by Gasteiger charge is 2.38. The molecule has 17 heavy (non-hydrogen) atoms. The van der Waals surface area contributed by atoms with Gasteiger partial charge in [0.05, 0.1) is 5.92 Å². The van der Waals surface area contributed by atoms with Gasteiger partial charge < -0.3 is 5.11 Å². The molecule has 0 radical (unpaired) electrons. The molecule has 0 heterocycles. The van der Waals surface area contributed by atoms with E-state index in [1.54, 1.807) is 19.1 Å². The summed E-state index contributed by atoms with van der Waals surface area (Å²) in [5, 5.41) is 9.62. The zero-order valence-electron chi connectivity index (χ0n) is 9.44. The molecule has 2 atom stereocenters. The van der Waals surface area contributed by atoms with E-state index in [0.717, 1.165) is 5.56 Å². The quantitative estimate of drug-likeness (QED) is 0.900. The van der Waals surface area contributed by atoms with Gasteiger partial charge >= 0.3 is 5.97 Å². The van der Waals surface area contributed by atoms with Crippen LogP contribution in [-0.4, -0.2) is 16.9 Å². The van der Waals surface area contributed by atoms with Crippen molar-refractivity contribution in [3.63, 3.8) is 0 Å². The van der Waals surface area contributed by atoms with Crippen molar-refractivity contribution in [1.82, 2.24) is 0 Å². The summed E-state index contributed by atoms with van der Waals surface area (Å²) in [6, 6.07) is 5.18. The Hall–Kier alpha value is -1.35. The summed E-state index contributed by atoms with van der Waals surface area (Å²) < 4.78 is 0. The first-order valence-corrected chi connectivity index (χ1v) is 5.97. The van der Waals surface area contributed by atoms with E-state index >= 15 is 0 Å². The molecule has 0 saturated heterocycles. The van der Waals surface area contributed by atoms with Crippen LogP contribution < -0.4 is 0 Å². The normalized spacial score (nSPS) is 20.1. The molecule has 3 nitrogen and oxygen atoms in total. The van der Waals surface area contributed by atoms with E-state index in [2.05, 4.69) is 0 Å². The van der Waals surface area contributed by atoms with Gasteiger partial charge in [-0.15, -0.1) is 0 Å². The van der Waals surface area contributed by atoms with E-state index in [-0.39, 0.29) is 5.78 Å². The Kier molecular flexibility index (Phi) is 3.20. The molecule has 90 valence electrons. The van der Waals surface area contributed by atoms with Gasteiger partial charge in [-0.2, -0.15) is 0 Å². The molecule has 1 N–H and O–H groups in total. The van der Waals surface area contributed by atoms with Crippen LogP contribution in [0.2, 0.25) is 5.02 Å². The number of fused-ring (bicyclic) bond motifs is 1. The van der Waals surface area contributed by atoms with Gasteiger partial charge in [0.2, 0.25) is 0 Å². The Labute approximate surface area is 104 Å². The molecular formula is C13H13ClO3. The summed E-state index contributed by atoms with van der Waals surface area (Å²) in [7, 11) is 0. The number of aliphatic carboxylic acids is 1. The SMILES string of the molecule is CCC(C(=O)O)C1Cc2ccc(Cl)cc2C1=O. The summed E-state index contributed by atoms with van der Waals surface area (Å²) in [6.45, 7) is 1.79. The third-order valence-corrected chi connectivity index (χ3v) is 3.59. The van der Waals surface area contributed by atoms with Crippen LogP contribution in [0, 0.1) is 11.8 Å². The zero-order chi connectivity index (χ0) is 12.6. The number of carboxylic acid groups (broad SMARTS) is 1. The predicted octanol–water partition coefficient (Wildman–Crippen LogP) is 2.81. The molecule has 0 spiro atoms. The topological polar surface area (TPSA) is 54.4 Å². The summed E-state index contributed by atoms with van der Waals surface area (Å²) in [5.74, 6) is -2.03. The summed E-state index contributed by atoms with van der Waals surface area (Å²) >= 11 is 5.84. The van der Waals surface area contributed by atoms with E-state index in [0.29, 0.717) is 23.4 Å². The number of carbonyl (C=O) groups excluding carboxylic acids is 1. The van der Waals surface area contributed by atoms with Crippen LogP contribution in [0.25, 0.3) is 0 Å². The first-order chi connectivity index (χ1) is 8.04. The first-order valence-electron chi connectivity index (χ1n) is 5.60. The molecule has 0 aromatic heterocycles. The molecule has 1 aromatic rings. The number of Topliss-reactive ketones (excluding diaryl/α,β-unsaturated/α-hetero) is 1. The maximum atomic E-state index is 12.1. The summed E-state index contributed by atoms with van der Waals surface area (Å²) in [6.07, 6.45) is 0.976. The van der Waals surface area contributed by atoms with Crippen molar-refractivity contribution in [2.75, 3.05) is 0 Å². The van der Waals surface area contributed by atoms with Gasteiger partial charge in [0.25, 0.3) is 0 Å². The second-order valence-electron chi connectivity index (χ2n) is 4.33. The fourth-order valence-electron chi connectivity index (χ4n) is 2.44. The van der Waals surface area contributed by atoms with Crippen molar-refractivity contribution in [2.24, 2.45) is 11.8 Å². The average molecular weight is 253 g/mol. The number of hydrogen-bond donors (Lipinski definition) is 1. The van der Waals surface area contributed by atoms with Crippen LogP contribution in [0.5, 0.6) is 0 Å². The van der Waals surface area contributed by atoms with Gasteiger partial charge in [0, 0.05) is 16.5 Å². The van der Waals surface area contributed by atoms with Gasteiger partial charge in [-0.3, -0.25) is 9.59 Å². The molecule has 2 unspecified atom stereocenters. The molecule has 0 fully saturated rings. The molecule has 2 rings (SSSR count). The van der Waals surface area contributed by atoms with E-state index < -0.39 is 17.8 Å². The van der Waals surface area contributed by atoms with Crippen molar-refractivity contribution >= 4 is 23.4 Å². The van der Waals surface area contributed by atoms with Crippen molar-refractivity contribution in [3.8, 4) is 0 Å². The Morgan fingerprint density at radius 2 is 2.29 bits per heavy atom. The number of carboxylic acids is 1. The van der Waals surface area contributed by atoms with Crippen molar-refractivity contribution < 1.29 is 14.7 Å². The number of hydrogen-bond acceptors (Lipinski definition) is 2. The lowest BCUT2D eigenvalue weighted by atomic mass is 9.87. The van der Waals surface area contributed by atoms with Gasteiger partial charge in [0.15, 0.2) is 5.78 Å². The Bertz CT molecular complexity index is 482. The number of carbonyl (C=O) groups is 2. The van der Waals surface area contributed by atoms with Crippen LogP contribution in [0.15, 0.2) is 18.2 Å². The van der Waals surface area contributed by atoms with Crippen LogP contribution in [-0.2, 0) is 11.2 Å². The van der Waals surface area contributed by atoms with E-state index in [4.69, 9.17) is 16.7 Å². The molecule has 1 aromatic carbocycles. The average Bonchev–Trinajstić information content (AvgIpc) is 2.58. The molecular weight excluding hydrogens is 240 g/mol. The third kappa shape index (κ3) is 2.07. The minimum Gasteiger partial charge on any atom is -0.481 e. The van der Waals surface area contributed by atoms with E-state index in [9.17, 15) is 9.59 Å². The van der Waals surface area contributed by atoms with E-state index in [1.807, 2.05) is 6.07 Å². The van der Waals surface area contributed by atoms with E-state index in [1.165, 1.54) is 0 Å². The van der Waals surface area contributed by atoms with Crippen LogP contribution >= 0.6 is 11.6 Å². The fraction of sp³-hybridized carbons (Fsp3) is 0.385. The fourth-order valence-corrected chi connectivity index (χ4v) is 2.61. The third-order valence-electron chi connectivity index (χ3n) is 3.36. The van der Waals surface area contributed by atoms with Crippen LogP contribution in [0.3, 0.4) is 0 Å². The molecule has 1 aliphatic rings. The van der Waals surface area contributed by atoms with Gasteiger partial charge in [-0.05, 0) is 30.5 Å². The number of halogens is 1. The maximum Gasteiger partial charge on any atom is 0.307 e. The van der Waals surface area contributed by atoms with Crippen molar-refractivity contribution in [2.45, 2.75) is 19.8 Å². The predicted molar refractivity (Wildman–Crippen MR) is 64.4 cm³/mol. The molecule has 1 aliphatic carbocycles. The highest BCUT2D eigenvalue weighted by atomic mass is 35.5. The number of rotatable bonds is 3. The first kappa shape index (κ1) is 12.1. The summed E-state index contributed by atoms with van der Waals surface area (Å²) in [4.78, 5) is 23.2. The minimum atomic E-state index is -0.898. The van der Waals surface area contributed by atoms with Crippen molar-refractivity contribution in [1.29, 1.82) is 0 Å². The molecule has 0 bridgehead atoms. The lowest BCUT2D eigenvalue weighted by Gasteiger charge is -2.15. The monoisotopic (exact) mass is 252 g/mol. The summed E-state index contributed by atoms with van der Waals surface area (Å²) in [5.41, 5.74) is 1.49. The highest BCUT2D eigenvalue weighted by Crippen LogP contribution is 2.34. The largest absolute Gasteiger partial charge is 0.481 e. The standard InChI is InChI=1S/C13H13ClO3/c1-2-9(13(16)17)11-5-7-3-4-8(14)6-10(7)12(11)15/h3-4,6,9,11H,2,5H2,1H3,(H,16,17). The number of benzene rings is 1. The molecule has 0 aliphatic heterocycles. The second-order valence-corrected chi connectivity index (χ2v) is 4.77. The second kappa shape index (κ2) is 4.49. The van der Waals surface area contributed by atoms with Gasteiger partial charge in [-0.25, -0.2) is 0 Å². The van der Waals surface area contributed by atoms with Crippen LogP contribution in [0.4, 0.5) is 0 Å². The number of ketones is 1. The molecule has 4 heteroatoms. The Morgan fingerprint density at radius 1 is 1.59 bits per heavy atom.